The van der Waals surface area contributed by atoms with Crippen molar-refractivity contribution in [3.05, 3.63) is 69.5 Å². The number of hydrogen-bond donors (Lipinski definition) is 1. The highest BCUT2D eigenvalue weighted by molar-refractivity contribution is 6.31. The van der Waals surface area contributed by atoms with Crippen LogP contribution in [0.4, 0.5) is 4.39 Å². The van der Waals surface area contributed by atoms with E-state index >= 15 is 0 Å². The number of benzene rings is 2. The highest BCUT2D eigenvalue weighted by Gasteiger charge is 2.14. The first-order valence-electron chi connectivity index (χ1n) is 7.25. The van der Waals surface area contributed by atoms with Gasteiger partial charge in [0.1, 0.15) is 5.82 Å². The number of nitrogens with one attached hydrogen (secondary N) is 1. The summed E-state index contributed by atoms with van der Waals surface area (Å²) in [5, 5.41) is 4.18. The van der Waals surface area contributed by atoms with Crippen molar-refractivity contribution in [2.45, 2.75) is 33.2 Å². The Morgan fingerprint density at radius 2 is 1.90 bits per heavy atom. The monoisotopic (exact) mass is 305 g/mol. The summed E-state index contributed by atoms with van der Waals surface area (Å²) in [4.78, 5) is 0. The lowest BCUT2D eigenvalue weighted by Gasteiger charge is -2.20. The Kier molecular flexibility index (Phi) is 5.38. The molecule has 1 N–H and O–H groups in total. The zero-order chi connectivity index (χ0) is 15.4. The normalized spacial score (nSPS) is 12.4. The Labute approximate surface area is 131 Å². The van der Waals surface area contributed by atoms with Crippen LogP contribution in [0, 0.1) is 19.7 Å². The van der Waals surface area contributed by atoms with E-state index in [0.29, 0.717) is 5.56 Å². The SMILES string of the molecule is CCNC(Cc1ccc(C)cc1Cl)c1ccc(C)c(F)c1. The quantitative estimate of drug-likeness (QED) is 0.820. The van der Waals surface area contributed by atoms with Gasteiger partial charge in [-0.25, -0.2) is 4.39 Å². The summed E-state index contributed by atoms with van der Waals surface area (Å²) in [5.41, 5.74) is 3.85. The second kappa shape index (κ2) is 7.06. The highest BCUT2D eigenvalue weighted by atomic mass is 35.5. The fraction of sp³-hybridized carbons (Fsp3) is 0.333. The maximum atomic E-state index is 13.8. The lowest BCUT2D eigenvalue weighted by Crippen LogP contribution is -2.23. The molecule has 0 saturated heterocycles. The van der Waals surface area contributed by atoms with Crippen molar-refractivity contribution >= 4 is 11.6 Å². The standard InChI is InChI=1S/C18H21ClFN/c1-4-21-18(15-8-6-13(3)17(20)10-15)11-14-7-5-12(2)9-16(14)19/h5-10,18,21H,4,11H2,1-3H3. The van der Waals surface area contributed by atoms with Crippen LogP contribution in [0.5, 0.6) is 0 Å². The molecule has 0 aliphatic rings. The zero-order valence-electron chi connectivity index (χ0n) is 12.7. The fourth-order valence-electron chi connectivity index (χ4n) is 2.42. The Morgan fingerprint density at radius 3 is 2.52 bits per heavy atom. The van der Waals surface area contributed by atoms with E-state index in [9.17, 15) is 4.39 Å². The predicted molar refractivity (Wildman–Crippen MR) is 87.4 cm³/mol. The van der Waals surface area contributed by atoms with Crippen LogP contribution in [-0.2, 0) is 6.42 Å². The molecule has 2 aromatic carbocycles. The van der Waals surface area contributed by atoms with Crippen molar-refractivity contribution in [3.8, 4) is 0 Å². The van der Waals surface area contributed by atoms with Gasteiger partial charge in [-0.05, 0) is 61.2 Å². The van der Waals surface area contributed by atoms with E-state index in [4.69, 9.17) is 11.6 Å². The first-order chi connectivity index (χ1) is 10.0. The van der Waals surface area contributed by atoms with E-state index in [1.165, 1.54) is 0 Å². The van der Waals surface area contributed by atoms with E-state index in [1.807, 2.05) is 38.1 Å². The molecule has 0 aliphatic heterocycles. The first kappa shape index (κ1) is 16.0. The average Bonchev–Trinajstić information content (AvgIpc) is 2.44. The fourth-order valence-corrected chi connectivity index (χ4v) is 2.73. The molecule has 0 saturated carbocycles. The van der Waals surface area contributed by atoms with Gasteiger partial charge in [-0.3, -0.25) is 0 Å². The summed E-state index contributed by atoms with van der Waals surface area (Å²) in [6.45, 7) is 6.67. The van der Waals surface area contributed by atoms with E-state index in [-0.39, 0.29) is 11.9 Å². The number of aryl methyl sites for hydroxylation is 2. The largest absolute Gasteiger partial charge is 0.310 e. The third-order valence-corrected chi connectivity index (χ3v) is 4.03. The van der Waals surface area contributed by atoms with Crippen LogP contribution in [0.1, 0.15) is 35.2 Å². The summed E-state index contributed by atoms with van der Waals surface area (Å²) in [6.07, 6.45) is 0.745. The molecule has 112 valence electrons. The zero-order valence-corrected chi connectivity index (χ0v) is 13.5. The van der Waals surface area contributed by atoms with Gasteiger partial charge in [0.05, 0.1) is 0 Å². The van der Waals surface area contributed by atoms with Crippen LogP contribution < -0.4 is 5.32 Å². The maximum absolute atomic E-state index is 13.8. The van der Waals surface area contributed by atoms with Gasteiger partial charge in [0.25, 0.3) is 0 Å². The Morgan fingerprint density at radius 1 is 1.14 bits per heavy atom. The molecule has 0 fully saturated rings. The molecule has 0 bridgehead atoms. The van der Waals surface area contributed by atoms with Crippen LogP contribution >= 0.6 is 11.6 Å². The molecule has 0 heterocycles. The second-order valence-corrected chi connectivity index (χ2v) is 5.83. The van der Waals surface area contributed by atoms with Crippen LogP contribution in [0.15, 0.2) is 36.4 Å². The highest BCUT2D eigenvalue weighted by Crippen LogP contribution is 2.25. The topological polar surface area (TPSA) is 12.0 Å². The summed E-state index contributed by atoms with van der Waals surface area (Å²) < 4.78 is 13.8. The Bertz CT molecular complexity index is 625. The second-order valence-electron chi connectivity index (χ2n) is 5.42. The molecule has 1 nitrogen and oxygen atoms in total. The number of rotatable bonds is 5. The third kappa shape index (κ3) is 4.05. The molecule has 2 aromatic rings. The summed E-state index contributed by atoms with van der Waals surface area (Å²) >= 11 is 6.32. The van der Waals surface area contributed by atoms with Gasteiger partial charge >= 0.3 is 0 Å². The molecule has 0 aliphatic carbocycles. The first-order valence-corrected chi connectivity index (χ1v) is 7.63. The minimum absolute atomic E-state index is 0.0605. The Hall–Kier alpha value is -1.38. The minimum Gasteiger partial charge on any atom is -0.310 e. The molecule has 2 rings (SSSR count). The molecule has 0 radical (unpaired) electrons. The van der Waals surface area contributed by atoms with Crippen LogP contribution in [0.2, 0.25) is 5.02 Å². The van der Waals surface area contributed by atoms with Gasteiger partial charge in [-0.2, -0.15) is 0 Å². The molecular weight excluding hydrogens is 285 g/mol. The van der Waals surface area contributed by atoms with Gasteiger partial charge in [0.15, 0.2) is 0 Å². The van der Waals surface area contributed by atoms with Crippen molar-refractivity contribution in [1.29, 1.82) is 0 Å². The van der Waals surface area contributed by atoms with Crippen LogP contribution in [-0.4, -0.2) is 6.54 Å². The maximum Gasteiger partial charge on any atom is 0.126 e. The smallest absolute Gasteiger partial charge is 0.126 e. The van der Waals surface area contributed by atoms with Crippen LogP contribution in [0.3, 0.4) is 0 Å². The van der Waals surface area contributed by atoms with E-state index in [2.05, 4.69) is 11.4 Å². The van der Waals surface area contributed by atoms with Gasteiger partial charge in [-0.15, -0.1) is 0 Å². The molecule has 0 spiro atoms. The van der Waals surface area contributed by atoms with Crippen molar-refractivity contribution in [1.82, 2.24) is 5.32 Å². The third-order valence-electron chi connectivity index (χ3n) is 3.68. The summed E-state index contributed by atoms with van der Waals surface area (Å²) in [5.74, 6) is -0.162. The number of halogens is 2. The molecule has 0 amide bonds. The van der Waals surface area contributed by atoms with Crippen molar-refractivity contribution in [3.63, 3.8) is 0 Å². The molecule has 1 unspecified atom stereocenters. The van der Waals surface area contributed by atoms with Crippen molar-refractivity contribution in [2.75, 3.05) is 6.54 Å². The minimum atomic E-state index is -0.162. The lowest BCUT2D eigenvalue weighted by atomic mass is 9.97. The number of likely N-dealkylation sites (N-methyl/N-ethyl adjacent to an activating group) is 1. The average molecular weight is 306 g/mol. The molecule has 3 heteroatoms. The van der Waals surface area contributed by atoms with Gasteiger partial charge in [-0.1, -0.05) is 42.8 Å². The molecular formula is C18H21ClFN. The predicted octanol–water partition coefficient (Wildman–Crippen LogP) is 4.99. The van der Waals surface area contributed by atoms with Gasteiger partial charge < -0.3 is 5.32 Å². The molecule has 0 aromatic heterocycles. The van der Waals surface area contributed by atoms with E-state index in [0.717, 1.165) is 34.7 Å². The van der Waals surface area contributed by atoms with Crippen molar-refractivity contribution < 1.29 is 4.39 Å². The Balaban J connectivity index is 2.28. The van der Waals surface area contributed by atoms with E-state index in [1.54, 1.807) is 13.0 Å². The number of hydrogen-bond acceptors (Lipinski definition) is 1. The lowest BCUT2D eigenvalue weighted by molar-refractivity contribution is 0.541. The van der Waals surface area contributed by atoms with Gasteiger partial charge in [0.2, 0.25) is 0 Å². The molecule has 21 heavy (non-hydrogen) atoms. The summed E-state index contributed by atoms with van der Waals surface area (Å²) in [7, 11) is 0. The van der Waals surface area contributed by atoms with Crippen LogP contribution in [0.25, 0.3) is 0 Å². The summed E-state index contributed by atoms with van der Waals surface area (Å²) in [6, 6.07) is 11.6. The van der Waals surface area contributed by atoms with Gasteiger partial charge in [0, 0.05) is 11.1 Å². The van der Waals surface area contributed by atoms with Crippen molar-refractivity contribution in [2.24, 2.45) is 0 Å². The molecule has 1 atom stereocenters. The van der Waals surface area contributed by atoms with E-state index < -0.39 is 0 Å².